The minimum absolute atomic E-state index is 0.0473. The number of nitrogens with zero attached hydrogens (tertiary/aromatic N) is 5. The Morgan fingerprint density at radius 2 is 1.86 bits per heavy atom. The predicted molar refractivity (Wildman–Crippen MR) is 135 cm³/mol. The molecule has 8 heteroatoms. The lowest BCUT2D eigenvalue weighted by Gasteiger charge is -2.43. The standard InChI is InChI=1S/C27H34N6O2/c1-31-23-9-5-4-8-21(23)25(30-31)27(35)33-17-12-22-24(19-33)32(18-20-10-14-28-15-11-20)16-7-3-2-6-13-29-26(22)34/h4-5,8-11,14-15,22,24H,2-3,6-7,12-13,16-19H2,1H3,(H,29,34)/t22-,24-/m1/s1. The van der Waals surface area contributed by atoms with Crippen molar-refractivity contribution in [3.63, 3.8) is 0 Å². The third-order valence-corrected chi connectivity index (χ3v) is 7.44. The van der Waals surface area contributed by atoms with Crippen LogP contribution in [0.25, 0.3) is 10.9 Å². The molecule has 184 valence electrons. The molecule has 1 N–H and O–H groups in total. The molecule has 0 bridgehead atoms. The molecule has 4 heterocycles. The van der Waals surface area contributed by atoms with Crippen molar-refractivity contribution in [1.29, 1.82) is 0 Å². The molecule has 2 atom stereocenters. The first-order valence-corrected chi connectivity index (χ1v) is 12.7. The Labute approximate surface area is 206 Å². The number of fused-ring (bicyclic) bond motifs is 2. The summed E-state index contributed by atoms with van der Waals surface area (Å²) in [6.45, 7) is 3.46. The fraction of sp³-hybridized carbons (Fsp3) is 0.481. The number of aryl methyl sites for hydroxylation is 1. The maximum Gasteiger partial charge on any atom is 0.275 e. The van der Waals surface area contributed by atoms with E-state index in [1.165, 1.54) is 5.56 Å². The molecular weight excluding hydrogens is 440 g/mol. The molecule has 0 radical (unpaired) electrons. The Balaban J connectivity index is 1.44. The van der Waals surface area contributed by atoms with Gasteiger partial charge in [0.25, 0.3) is 5.91 Å². The number of carbonyl (C=O) groups is 2. The Hall–Kier alpha value is -3.26. The first kappa shape index (κ1) is 23.5. The average molecular weight is 475 g/mol. The molecule has 0 spiro atoms. The topological polar surface area (TPSA) is 83.4 Å². The van der Waals surface area contributed by atoms with Crippen LogP contribution in [0.15, 0.2) is 48.8 Å². The van der Waals surface area contributed by atoms with Gasteiger partial charge in [-0.15, -0.1) is 0 Å². The zero-order chi connectivity index (χ0) is 24.2. The van der Waals surface area contributed by atoms with Crippen molar-refractivity contribution in [2.75, 3.05) is 26.2 Å². The van der Waals surface area contributed by atoms with Gasteiger partial charge < -0.3 is 10.2 Å². The minimum Gasteiger partial charge on any atom is -0.356 e. The summed E-state index contributed by atoms with van der Waals surface area (Å²) in [6, 6.07) is 11.9. The van der Waals surface area contributed by atoms with Crippen LogP contribution < -0.4 is 5.32 Å². The van der Waals surface area contributed by atoms with Crippen molar-refractivity contribution in [3.8, 4) is 0 Å². The zero-order valence-electron chi connectivity index (χ0n) is 20.4. The van der Waals surface area contributed by atoms with E-state index in [1.807, 2.05) is 60.7 Å². The van der Waals surface area contributed by atoms with Crippen molar-refractivity contribution in [3.05, 3.63) is 60.0 Å². The van der Waals surface area contributed by atoms with Gasteiger partial charge in [-0.25, -0.2) is 0 Å². The van der Waals surface area contributed by atoms with Crippen molar-refractivity contribution in [1.82, 2.24) is 29.9 Å². The Kier molecular flexibility index (Phi) is 7.08. The molecule has 2 aromatic heterocycles. The van der Waals surface area contributed by atoms with Crippen LogP contribution in [0.3, 0.4) is 0 Å². The second kappa shape index (κ2) is 10.6. The number of rotatable bonds is 3. The van der Waals surface area contributed by atoms with Gasteiger partial charge in [0, 0.05) is 57.0 Å². The van der Waals surface area contributed by atoms with E-state index in [0.29, 0.717) is 25.2 Å². The number of carbonyl (C=O) groups excluding carboxylic acids is 2. The van der Waals surface area contributed by atoms with Gasteiger partial charge in [-0.3, -0.25) is 24.2 Å². The molecule has 2 aliphatic heterocycles. The highest BCUT2D eigenvalue weighted by atomic mass is 16.2. The molecule has 0 aliphatic carbocycles. The summed E-state index contributed by atoms with van der Waals surface area (Å²) in [5.41, 5.74) is 2.61. The summed E-state index contributed by atoms with van der Waals surface area (Å²) in [6.07, 6.45) is 8.65. The number of likely N-dealkylation sites (tertiary alicyclic amines) is 1. The Morgan fingerprint density at radius 1 is 1.06 bits per heavy atom. The normalized spacial score (nSPS) is 22.3. The molecule has 2 aliphatic rings. The summed E-state index contributed by atoms with van der Waals surface area (Å²) >= 11 is 0. The summed E-state index contributed by atoms with van der Waals surface area (Å²) in [7, 11) is 1.87. The molecular formula is C27H34N6O2. The molecule has 5 rings (SSSR count). The maximum atomic E-state index is 13.7. The number of pyridine rings is 1. The van der Waals surface area contributed by atoms with E-state index < -0.39 is 0 Å². The molecule has 35 heavy (non-hydrogen) atoms. The van der Waals surface area contributed by atoms with E-state index in [0.717, 1.165) is 56.2 Å². The van der Waals surface area contributed by atoms with Gasteiger partial charge >= 0.3 is 0 Å². The monoisotopic (exact) mass is 474 g/mol. The van der Waals surface area contributed by atoms with E-state index >= 15 is 0 Å². The van der Waals surface area contributed by atoms with Gasteiger partial charge in [-0.2, -0.15) is 5.10 Å². The van der Waals surface area contributed by atoms with Crippen molar-refractivity contribution < 1.29 is 9.59 Å². The van der Waals surface area contributed by atoms with Gasteiger partial charge in [0.1, 0.15) is 0 Å². The summed E-state index contributed by atoms with van der Waals surface area (Å²) < 4.78 is 1.77. The van der Waals surface area contributed by atoms with E-state index in [4.69, 9.17) is 0 Å². The highest BCUT2D eigenvalue weighted by molar-refractivity contribution is 6.05. The largest absolute Gasteiger partial charge is 0.356 e. The van der Waals surface area contributed by atoms with E-state index in [1.54, 1.807) is 4.68 Å². The number of amides is 2. The minimum atomic E-state index is -0.139. The number of aromatic nitrogens is 3. The van der Waals surface area contributed by atoms with Gasteiger partial charge in [-0.05, 0) is 49.6 Å². The van der Waals surface area contributed by atoms with Gasteiger partial charge in [0.15, 0.2) is 5.69 Å². The number of nitrogens with one attached hydrogen (secondary N) is 1. The van der Waals surface area contributed by atoms with E-state index in [2.05, 4.69) is 20.3 Å². The fourth-order valence-electron chi connectivity index (χ4n) is 5.53. The summed E-state index contributed by atoms with van der Waals surface area (Å²) in [5.74, 6) is -0.0784. The molecule has 8 nitrogen and oxygen atoms in total. The second-order valence-electron chi connectivity index (χ2n) is 9.73. The van der Waals surface area contributed by atoms with Crippen LogP contribution in [-0.2, 0) is 18.4 Å². The van der Waals surface area contributed by atoms with Gasteiger partial charge in [0.2, 0.25) is 5.91 Å². The molecule has 2 saturated heterocycles. The number of hydrogen-bond acceptors (Lipinski definition) is 5. The lowest BCUT2D eigenvalue weighted by molar-refractivity contribution is -0.129. The van der Waals surface area contributed by atoms with Crippen molar-refractivity contribution >= 4 is 22.7 Å². The number of hydrogen-bond donors (Lipinski definition) is 1. The van der Waals surface area contributed by atoms with Crippen molar-refractivity contribution in [2.24, 2.45) is 13.0 Å². The van der Waals surface area contributed by atoms with E-state index in [-0.39, 0.29) is 23.8 Å². The van der Waals surface area contributed by atoms with Crippen LogP contribution in [0.4, 0.5) is 0 Å². The summed E-state index contributed by atoms with van der Waals surface area (Å²) in [4.78, 5) is 35.4. The second-order valence-corrected chi connectivity index (χ2v) is 9.73. The highest BCUT2D eigenvalue weighted by Crippen LogP contribution is 2.28. The molecule has 0 saturated carbocycles. The molecule has 0 unspecified atom stereocenters. The van der Waals surface area contributed by atoms with Crippen LogP contribution in [-0.4, -0.2) is 68.6 Å². The number of piperidine rings is 1. The van der Waals surface area contributed by atoms with Crippen LogP contribution in [0.5, 0.6) is 0 Å². The zero-order valence-corrected chi connectivity index (χ0v) is 20.4. The van der Waals surface area contributed by atoms with Crippen LogP contribution in [0, 0.1) is 5.92 Å². The van der Waals surface area contributed by atoms with Gasteiger partial charge in [0.05, 0.1) is 11.4 Å². The first-order chi connectivity index (χ1) is 17.1. The van der Waals surface area contributed by atoms with Crippen molar-refractivity contribution in [2.45, 2.75) is 44.7 Å². The maximum absolute atomic E-state index is 13.7. The third kappa shape index (κ3) is 5.07. The van der Waals surface area contributed by atoms with Crippen LogP contribution in [0.2, 0.25) is 0 Å². The SMILES string of the molecule is Cn1nc(C(=O)N2CC[C@H]3C(=O)NCCCCCCN(Cc4ccncc4)[C@@H]3C2)c2ccccc21. The number of benzene rings is 1. The quantitative estimate of drug-likeness (QED) is 0.631. The third-order valence-electron chi connectivity index (χ3n) is 7.44. The smallest absolute Gasteiger partial charge is 0.275 e. The molecule has 2 amide bonds. The lowest BCUT2D eigenvalue weighted by Crippen LogP contribution is -2.57. The van der Waals surface area contributed by atoms with Crippen LogP contribution in [0.1, 0.15) is 48.2 Å². The predicted octanol–water partition coefficient (Wildman–Crippen LogP) is 2.99. The first-order valence-electron chi connectivity index (χ1n) is 12.7. The Bertz CT molecular complexity index is 1180. The fourth-order valence-corrected chi connectivity index (χ4v) is 5.53. The lowest BCUT2D eigenvalue weighted by atomic mass is 9.88. The van der Waals surface area contributed by atoms with Crippen LogP contribution >= 0.6 is 0 Å². The average Bonchev–Trinajstić information content (AvgIpc) is 3.22. The highest BCUT2D eigenvalue weighted by Gasteiger charge is 2.40. The number of para-hydroxylation sites is 1. The van der Waals surface area contributed by atoms with E-state index in [9.17, 15) is 9.59 Å². The molecule has 1 aromatic carbocycles. The Morgan fingerprint density at radius 3 is 2.71 bits per heavy atom. The molecule has 3 aromatic rings. The molecule has 2 fully saturated rings. The summed E-state index contributed by atoms with van der Waals surface area (Å²) in [5, 5.41) is 8.61. The van der Waals surface area contributed by atoms with Gasteiger partial charge in [-0.1, -0.05) is 31.0 Å².